The van der Waals surface area contributed by atoms with Gasteiger partial charge < -0.3 is 14.8 Å². The van der Waals surface area contributed by atoms with E-state index in [0.29, 0.717) is 5.57 Å². The van der Waals surface area contributed by atoms with Gasteiger partial charge >= 0.3 is 11.9 Å². The van der Waals surface area contributed by atoms with Crippen molar-refractivity contribution in [2.45, 2.75) is 13.8 Å². The van der Waals surface area contributed by atoms with E-state index in [1.165, 1.54) is 6.08 Å². The van der Waals surface area contributed by atoms with Crippen LogP contribution >= 0.6 is 0 Å². The minimum atomic E-state index is -0.497. The molecule has 1 N–H and O–H groups in total. The van der Waals surface area contributed by atoms with E-state index >= 15 is 0 Å². The molecule has 88 valence electrons. The van der Waals surface area contributed by atoms with Gasteiger partial charge in [-0.15, -0.1) is 0 Å². The zero-order valence-corrected chi connectivity index (χ0v) is 9.41. The Morgan fingerprint density at radius 3 is 2.50 bits per heavy atom. The molecule has 1 heterocycles. The van der Waals surface area contributed by atoms with E-state index in [4.69, 9.17) is 9.47 Å². The molecule has 0 aliphatic carbocycles. The van der Waals surface area contributed by atoms with Crippen LogP contribution in [-0.2, 0) is 19.1 Å². The lowest BCUT2D eigenvalue weighted by atomic mass is 10.1. The highest BCUT2D eigenvalue weighted by atomic mass is 16.5. The summed E-state index contributed by atoms with van der Waals surface area (Å²) in [5.41, 5.74) is 0.571. The quantitative estimate of drug-likeness (QED) is 0.707. The summed E-state index contributed by atoms with van der Waals surface area (Å²) in [7, 11) is 0. The van der Waals surface area contributed by atoms with Crippen molar-refractivity contribution in [2.24, 2.45) is 0 Å². The summed E-state index contributed by atoms with van der Waals surface area (Å²) in [4.78, 5) is 23.1. The monoisotopic (exact) mass is 225 g/mol. The van der Waals surface area contributed by atoms with E-state index in [0.717, 1.165) is 0 Å². The maximum Gasteiger partial charge on any atom is 0.338 e. The Bertz CT molecular complexity index is 344. The van der Waals surface area contributed by atoms with Crippen LogP contribution in [0.4, 0.5) is 0 Å². The maximum absolute atomic E-state index is 11.6. The fourth-order valence-corrected chi connectivity index (χ4v) is 1.30. The standard InChI is InChI=1S/C11H15NO4/c1-3-15-10(13)8-5-6-12-7-9(8)11(14)16-4-2/h5-6,12H,3-4,7H2,1-2H3. The van der Waals surface area contributed by atoms with Crippen LogP contribution in [0.2, 0.25) is 0 Å². The molecule has 16 heavy (non-hydrogen) atoms. The Kier molecular flexibility index (Phi) is 4.57. The zero-order valence-electron chi connectivity index (χ0n) is 9.41. The first kappa shape index (κ1) is 12.3. The third kappa shape index (κ3) is 2.85. The van der Waals surface area contributed by atoms with Gasteiger partial charge in [-0.05, 0) is 26.1 Å². The van der Waals surface area contributed by atoms with Gasteiger partial charge in [0.25, 0.3) is 0 Å². The Morgan fingerprint density at radius 2 is 1.88 bits per heavy atom. The van der Waals surface area contributed by atoms with Gasteiger partial charge in [-0.1, -0.05) is 0 Å². The van der Waals surface area contributed by atoms with E-state index in [-0.39, 0.29) is 25.3 Å². The van der Waals surface area contributed by atoms with Crippen molar-refractivity contribution in [3.05, 3.63) is 23.4 Å². The highest BCUT2D eigenvalue weighted by Crippen LogP contribution is 2.13. The van der Waals surface area contributed by atoms with Gasteiger partial charge in [0.2, 0.25) is 0 Å². The summed E-state index contributed by atoms with van der Waals surface area (Å²) in [5.74, 6) is -0.981. The molecular weight excluding hydrogens is 210 g/mol. The number of hydrogen-bond donors (Lipinski definition) is 1. The first-order valence-electron chi connectivity index (χ1n) is 5.18. The molecule has 0 radical (unpaired) electrons. The van der Waals surface area contributed by atoms with Crippen molar-refractivity contribution in [3.63, 3.8) is 0 Å². The Balaban J connectivity index is 2.92. The topological polar surface area (TPSA) is 64.6 Å². The van der Waals surface area contributed by atoms with Gasteiger partial charge in [0.05, 0.1) is 24.4 Å². The minimum absolute atomic E-state index is 0.263. The molecule has 0 atom stereocenters. The predicted molar refractivity (Wildman–Crippen MR) is 57.4 cm³/mol. The summed E-state index contributed by atoms with van der Waals surface area (Å²) < 4.78 is 9.72. The molecule has 0 saturated heterocycles. The number of esters is 2. The lowest BCUT2D eigenvalue weighted by Gasteiger charge is -2.14. The van der Waals surface area contributed by atoms with Gasteiger partial charge in [-0.2, -0.15) is 0 Å². The van der Waals surface area contributed by atoms with E-state index in [9.17, 15) is 9.59 Å². The largest absolute Gasteiger partial charge is 0.463 e. The molecule has 0 amide bonds. The first-order chi connectivity index (χ1) is 7.70. The second kappa shape index (κ2) is 5.95. The van der Waals surface area contributed by atoms with Gasteiger partial charge in [0, 0.05) is 6.54 Å². The van der Waals surface area contributed by atoms with Gasteiger partial charge in [0.15, 0.2) is 0 Å². The van der Waals surface area contributed by atoms with Crippen LogP contribution < -0.4 is 5.32 Å². The highest BCUT2D eigenvalue weighted by molar-refractivity contribution is 6.03. The van der Waals surface area contributed by atoms with E-state index in [2.05, 4.69) is 5.32 Å². The maximum atomic E-state index is 11.6. The third-order valence-electron chi connectivity index (χ3n) is 1.99. The average Bonchev–Trinajstić information content (AvgIpc) is 2.30. The molecule has 0 aromatic rings. The second-order valence-electron chi connectivity index (χ2n) is 3.05. The third-order valence-corrected chi connectivity index (χ3v) is 1.99. The molecule has 1 aliphatic heterocycles. The summed E-state index contributed by atoms with van der Waals surface area (Å²) >= 11 is 0. The molecule has 0 aromatic carbocycles. The van der Waals surface area contributed by atoms with Crippen LogP contribution in [0.25, 0.3) is 0 Å². The van der Waals surface area contributed by atoms with Crippen LogP contribution in [0.1, 0.15) is 13.8 Å². The van der Waals surface area contributed by atoms with Gasteiger partial charge in [0.1, 0.15) is 0 Å². The molecule has 1 aliphatic rings. The second-order valence-corrected chi connectivity index (χ2v) is 3.05. The molecule has 0 unspecified atom stereocenters. The number of hydrogen-bond acceptors (Lipinski definition) is 5. The normalized spacial score (nSPS) is 14.4. The van der Waals surface area contributed by atoms with Crippen LogP contribution in [-0.4, -0.2) is 31.7 Å². The van der Waals surface area contributed by atoms with Crippen LogP contribution in [0.15, 0.2) is 23.4 Å². The Hall–Kier alpha value is -1.78. The molecule has 0 saturated carbocycles. The number of rotatable bonds is 4. The average molecular weight is 225 g/mol. The van der Waals surface area contributed by atoms with E-state index in [1.807, 2.05) is 0 Å². The summed E-state index contributed by atoms with van der Waals surface area (Å²) in [6, 6.07) is 0. The van der Waals surface area contributed by atoms with Crippen molar-refractivity contribution in [2.75, 3.05) is 19.8 Å². The smallest absolute Gasteiger partial charge is 0.338 e. The van der Waals surface area contributed by atoms with Crippen molar-refractivity contribution >= 4 is 11.9 Å². The summed E-state index contributed by atoms with van der Waals surface area (Å²) in [6.07, 6.45) is 3.13. The van der Waals surface area contributed by atoms with Crippen molar-refractivity contribution in [3.8, 4) is 0 Å². The van der Waals surface area contributed by atoms with Crippen molar-refractivity contribution < 1.29 is 19.1 Å². The highest BCUT2D eigenvalue weighted by Gasteiger charge is 2.22. The number of carbonyl (C=O) groups is 2. The van der Waals surface area contributed by atoms with Crippen LogP contribution in [0.3, 0.4) is 0 Å². The molecule has 0 aromatic heterocycles. The summed E-state index contributed by atoms with van der Waals surface area (Å²) in [5, 5.41) is 2.85. The van der Waals surface area contributed by atoms with Crippen LogP contribution in [0, 0.1) is 0 Å². The number of dihydropyridines is 1. The van der Waals surface area contributed by atoms with Crippen LogP contribution in [0.5, 0.6) is 0 Å². The molecule has 0 fully saturated rings. The predicted octanol–water partition coefficient (Wildman–Crippen LogP) is 0.526. The fourth-order valence-electron chi connectivity index (χ4n) is 1.30. The molecule has 1 rings (SSSR count). The SMILES string of the molecule is CCOC(=O)C1=C(C(=O)OCC)CNC=C1. The lowest BCUT2D eigenvalue weighted by molar-refractivity contribution is -0.141. The number of nitrogens with one attached hydrogen (secondary N) is 1. The lowest BCUT2D eigenvalue weighted by Crippen LogP contribution is -2.26. The molecular formula is C11H15NO4. The number of ether oxygens (including phenoxy) is 2. The first-order valence-corrected chi connectivity index (χ1v) is 5.18. The van der Waals surface area contributed by atoms with Gasteiger partial charge in [-0.25, -0.2) is 9.59 Å². The molecule has 5 nitrogen and oxygen atoms in total. The molecule has 0 spiro atoms. The summed E-state index contributed by atoms with van der Waals surface area (Å²) in [6.45, 7) is 4.27. The minimum Gasteiger partial charge on any atom is -0.463 e. The van der Waals surface area contributed by atoms with E-state index in [1.54, 1.807) is 20.0 Å². The fraction of sp³-hybridized carbons (Fsp3) is 0.455. The number of carbonyl (C=O) groups excluding carboxylic acids is 2. The van der Waals surface area contributed by atoms with Gasteiger partial charge in [-0.3, -0.25) is 0 Å². The molecule has 5 heteroatoms. The van der Waals surface area contributed by atoms with Crippen molar-refractivity contribution in [1.82, 2.24) is 5.32 Å². The van der Waals surface area contributed by atoms with E-state index < -0.39 is 11.9 Å². The Labute approximate surface area is 94.1 Å². The molecule has 0 bridgehead atoms. The Morgan fingerprint density at radius 1 is 1.25 bits per heavy atom. The zero-order chi connectivity index (χ0) is 12.0. The van der Waals surface area contributed by atoms with Crippen molar-refractivity contribution in [1.29, 1.82) is 0 Å².